The highest BCUT2D eigenvalue weighted by Crippen LogP contribution is 2.18. The highest BCUT2D eigenvalue weighted by molar-refractivity contribution is 7.89. The van der Waals surface area contributed by atoms with Gasteiger partial charge in [-0.15, -0.1) is 4.83 Å². The SMILES string of the molecule is CN1CCN(NS(=O)(=O)c2ccc3oc(=O)n(C)c3c2)CC1. The van der Waals surface area contributed by atoms with Crippen LogP contribution in [0.15, 0.2) is 32.3 Å². The van der Waals surface area contributed by atoms with Crippen molar-refractivity contribution in [2.75, 3.05) is 33.2 Å². The molecule has 1 aromatic carbocycles. The molecule has 0 bridgehead atoms. The van der Waals surface area contributed by atoms with Gasteiger partial charge in [0.15, 0.2) is 5.58 Å². The normalized spacial score (nSPS) is 18.1. The molecule has 0 spiro atoms. The lowest BCUT2D eigenvalue weighted by Gasteiger charge is -2.32. The van der Waals surface area contributed by atoms with Crippen LogP contribution < -0.4 is 10.6 Å². The van der Waals surface area contributed by atoms with Crippen molar-refractivity contribution in [1.29, 1.82) is 0 Å². The zero-order valence-electron chi connectivity index (χ0n) is 12.4. The van der Waals surface area contributed by atoms with E-state index < -0.39 is 15.8 Å². The van der Waals surface area contributed by atoms with Crippen molar-refractivity contribution < 1.29 is 12.8 Å². The highest BCUT2D eigenvalue weighted by Gasteiger charge is 2.22. The summed E-state index contributed by atoms with van der Waals surface area (Å²) in [6.45, 7) is 2.86. The molecule has 0 aliphatic carbocycles. The molecule has 1 aliphatic heterocycles. The second-order valence-corrected chi connectivity index (χ2v) is 7.10. The van der Waals surface area contributed by atoms with Crippen LogP contribution in [0.3, 0.4) is 0 Å². The minimum atomic E-state index is -3.68. The molecule has 0 radical (unpaired) electrons. The van der Waals surface area contributed by atoms with Gasteiger partial charge in [0.1, 0.15) is 0 Å². The Morgan fingerprint density at radius 1 is 1.14 bits per heavy atom. The molecular formula is C13H18N4O4S. The maximum atomic E-state index is 12.5. The topological polar surface area (TPSA) is 87.8 Å². The number of aryl methyl sites for hydroxylation is 1. The van der Waals surface area contributed by atoms with E-state index in [1.807, 2.05) is 7.05 Å². The van der Waals surface area contributed by atoms with E-state index in [1.165, 1.54) is 22.8 Å². The molecule has 2 aromatic rings. The summed E-state index contributed by atoms with van der Waals surface area (Å²) in [6.07, 6.45) is 0. The molecule has 1 aliphatic rings. The number of benzene rings is 1. The molecule has 1 aromatic heterocycles. The number of aromatic nitrogens is 1. The lowest BCUT2D eigenvalue weighted by atomic mass is 10.3. The summed E-state index contributed by atoms with van der Waals surface area (Å²) in [6, 6.07) is 4.37. The molecule has 0 saturated carbocycles. The number of oxazole rings is 1. The zero-order chi connectivity index (χ0) is 15.9. The first-order valence-electron chi connectivity index (χ1n) is 6.92. The molecule has 0 unspecified atom stereocenters. The second-order valence-electron chi connectivity index (χ2n) is 5.44. The van der Waals surface area contributed by atoms with E-state index in [9.17, 15) is 13.2 Å². The van der Waals surface area contributed by atoms with Crippen molar-refractivity contribution in [3.63, 3.8) is 0 Å². The van der Waals surface area contributed by atoms with Crippen LogP contribution in [0.1, 0.15) is 0 Å². The number of rotatable bonds is 3. The fraction of sp³-hybridized carbons (Fsp3) is 0.462. The van der Waals surface area contributed by atoms with Gasteiger partial charge in [0, 0.05) is 33.2 Å². The molecule has 0 amide bonds. The van der Waals surface area contributed by atoms with E-state index in [4.69, 9.17) is 4.42 Å². The Bertz CT molecular complexity index is 847. The molecule has 120 valence electrons. The first kappa shape index (κ1) is 15.2. The molecule has 8 nitrogen and oxygen atoms in total. The number of hydrogen-bond acceptors (Lipinski definition) is 6. The Morgan fingerprint density at radius 3 is 2.50 bits per heavy atom. The van der Waals surface area contributed by atoms with Crippen molar-refractivity contribution in [2.45, 2.75) is 4.90 Å². The number of sulfonamides is 1. The third-order valence-electron chi connectivity index (χ3n) is 3.83. The van der Waals surface area contributed by atoms with Crippen LogP contribution in [-0.4, -0.2) is 56.1 Å². The summed E-state index contributed by atoms with van der Waals surface area (Å²) in [5.41, 5.74) is 0.817. The Kier molecular flexibility index (Phi) is 3.81. The fourth-order valence-corrected chi connectivity index (χ4v) is 3.54. The third kappa shape index (κ3) is 2.80. The molecule has 22 heavy (non-hydrogen) atoms. The van der Waals surface area contributed by atoms with E-state index in [0.717, 1.165) is 13.1 Å². The van der Waals surface area contributed by atoms with Crippen LogP contribution in [0.2, 0.25) is 0 Å². The molecule has 0 atom stereocenters. The number of hydrogen-bond donors (Lipinski definition) is 1. The number of likely N-dealkylation sites (N-methyl/N-ethyl adjacent to an activating group) is 1. The predicted molar refractivity (Wildman–Crippen MR) is 80.8 cm³/mol. The van der Waals surface area contributed by atoms with Crippen molar-refractivity contribution in [1.82, 2.24) is 19.3 Å². The van der Waals surface area contributed by atoms with Crippen molar-refractivity contribution in [3.05, 3.63) is 28.7 Å². The minimum Gasteiger partial charge on any atom is -0.408 e. The van der Waals surface area contributed by atoms with Gasteiger partial charge < -0.3 is 9.32 Å². The van der Waals surface area contributed by atoms with Gasteiger partial charge >= 0.3 is 5.76 Å². The van der Waals surface area contributed by atoms with Gasteiger partial charge in [-0.1, -0.05) is 0 Å². The lowest BCUT2D eigenvalue weighted by molar-refractivity contribution is 0.135. The molecule has 9 heteroatoms. The van der Waals surface area contributed by atoms with Gasteiger partial charge in [-0.2, -0.15) is 0 Å². The molecular weight excluding hydrogens is 308 g/mol. The Labute approximate surface area is 127 Å². The van der Waals surface area contributed by atoms with Gasteiger partial charge in [-0.3, -0.25) is 4.57 Å². The van der Waals surface area contributed by atoms with E-state index in [2.05, 4.69) is 9.73 Å². The summed E-state index contributed by atoms with van der Waals surface area (Å²) in [5.74, 6) is -0.517. The first-order chi connectivity index (χ1) is 10.4. The van der Waals surface area contributed by atoms with Gasteiger partial charge in [0.2, 0.25) is 0 Å². The van der Waals surface area contributed by atoms with E-state index in [-0.39, 0.29) is 4.90 Å². The van der Waals surface area contributed by atoms with E-state index in [0.29, 0.717) is 24.2 Å². The summed E-state index contributed by atoms with van der Waals surface area (Å²) in [5, 5.41) is 1.69. The second kappa shape index (κ2) is 5.51. The average Bonchev–Trinajstić information content (AvgIpc) is 2.76. The molecule has 1 fully saturated rings. The van der Waals surface area contributed by atoms with Crippen LogP contribution in [0.5, 0.6) is 0 Å². The number of hydrazine groups is 1. The molecule has 3 rings (SSSR count). The van der Waals surface area contributed by atoms with Crippen LogP contribution in [-0.2, 0) is 17.1 Å². The van der Waals surface area contributed by atoms with Crippen molar-refractivity contribution in [2.24, 2.45) is 7.05 Å². The summed E-state index contributed by atoms with van der Waals surface area (Å²) in [7, 11) is -0.137. The predicted octanol–water partition coefficient (Wildman–Crippen LogP) is -0.428. The van der Waals surface area contributed by atoms with E-state index in [1.54, 1.807) is 12.1 Å². The smallest absolute Gasteiger partial charge is 0.408 e. The number of nitrogens with zero attached hydrogens (tertiary/aromatic N) is 3. The maximum absolute atomic E-state index is 12.5. The van der Waals surface area contributed by atoms with Gasteiger partial charge in [0.05, 0.1) is 10.4 Å². The van der Waals surface area contributed by atoms with Crippen molar-refractivity contribution in [3.8, 4) is 0 Å². The standard InChI is InChI=1S/C13H18N4O4S/c1-15-5-7-17(8-6-15)14-22(19,20)10-3-4-12-11(9-10)16(2)13(18)21-12/h3-4,9,14H,5-8H2,1-2H3. The number of piperazine rings is 1. The Hall–Kier alpha value is -1.68. The summed E-state index contributed by atoms with van der Waals surface area (Å²) in [4.78, 5) is 16.3. The molecule has 1 N–H and O–H groups in total. The van der Waals surface area contributed by atoms with Crippen LogP contribution >= 0.6 is 0 Å². The van der Waals surface area contributed by atoms with Gasteiger partial charge in [-0.25, -0.2) is 18.2 Å². The Balaban J connectivity index is 1.88. The van der Waals surface area contributed by atoms with Crippen molar-refractivity contribution >= 4 is 21.1 Å². The third-order valence-corrected chi connectivity index (χ3v) is 5.20. The molecule has 1 saturated heterocycles. The van der Waals surface area contributed by atoms with Crippen LogP contribution in [0.4, 0.5) is 0 Å². The van der Waals surface area contributed by atoms with Crippen LogP contribution in [0.25, 0.3) is 11.1 Å². The number of fused-ring (bicyclic) bond motifs is 1. The summed E-state index contributed by atoms with van der Waals surface area (Å²) < 4.78 is 31.2. The minimum absolute atomic E-state index is 0.107. The number of nitrogens with one attached hydrogen (secondary N) is 1. The monoisotopic (exact) mass is 326 g/mol. The zero-order valence-corrected chi connectivity index (χ0v) is 13.3. The summed E-state index contributed by atoms with van der Waals surface area (Å²) >= 11 is 0. The highest BCUT2D eigenvalue weighted by atomic mass is 32.2. The van der Waals surface area contributed by atoms with Gasteiger partial charge in [0.25, 0.3) is 10.0 Å². The average molecular weight is 326 g/mol. The van der Waals surface area contributed by atoms with Gasteiger partial charge in [-0.05, 0) is 25.2 Å². The quantitative estimate of drug-likeness (QED) is 0.824. The largest absolute Gasteiger partial charge is 0.419 e. The first-order valence-corrected chi connectivity index (χ1v) is 8.41. The molecule has 2 heterocycles. The Morgan fingerprint density at radius 2 is 1.82 bits per heavy atom. The van der Waals surface area contributed by atoms with E-state index >= 15 is 0 Å². The van der Waals surface area contributed by atoms with Crippen LogP contribution in [0, 0.1) is 0 Å². The maximum Gasteiger partial charge on any atom is 0.419 e. The fourth-order valence-electron chi connectivity index (χ4n) is 2.39. The lowest BCUT2D eigenvalue weighted by Crippen LogP contribution is -2.52.